The van der Waals surface area contributed by atoms with Gasteiger partial charge in [-0.3, -0.25) is 4.90 Å². The van der Waals surface area contributed by atoms with Crippen LogP contribution in [-0.2, 0) is 11.2 Å². The van der Waals surface area contributed by atoms with Gasteiger partial charge < -0.3 is 14.6 Å². The molecular weight excluding hydrogens is 282 g/mol. The zero-order chi connectivity index (χ0) is 16.7. The van der Waals surface area contributed by atoms with E-state index in [4.69, 9.17) is 9.47 Å². The molecule has 0 saturated heterocycles. The van der Waals surface area contributed by atoms with Gasteiger partial charge in [0.1, 0.15) is 11.5 Å². The first-order valence-corrected chi connectivity index (χ1v) is 6.98. The lowest BCUT2D eigenvalue weighted by molar-refractivity contribution is 0.178. The van der Waals surface area contributed by atoms with Crippen molar-refractivity contribution in [3.8, 4) is 11.5 Å². The minimum Gasteiger partial charge on any atom is -0.507 e. The average Bonchev–Trinajstić information content (AvgIpc) is 2.52. The van der Waals surface area contributed by atoms with Crippen molar-refractivity contribution in [2.45, 2.75) is 19.8 Å². The highest BCUT2D eigenvalue weighted by Crippen LogP contribution is 2.39. The summed E-state index contributed by atoms with van der Waals surface area (Å²) in [5.74, 6) is 0.567. The van der Waals surface area contributed by atoms with Crippen molar-refractivity contribution >= 4 is 11.8 Å². The molecule has 1 aromatic carbocycles. The second-order valence-electron chi connectivity index (χ2n) is 4.74. The standard InChI is InChI=1S/C17H23NO4/c1-6-8-10-18(17(20)22-5)16-12(3)15(21-4)11-14(19)13(16)9-7-2/h6-7,11,19H,1-2,8-10H2,3-5H3. The first-order valence-electron chi connectivity index (χ1n) is 6.98. The van der Waals surface area contributed by atoms with Crippen molar-refractivity contribution in [3.05, 3.63) is 42.5 Å². The summed E-state index contributed by atoms with van der Waals surface area (Å²) >= 11 is 0. The highest BCUT2D eigenvalue weighted by molar-refractivity contribution is 5.91. The van der Waals surface area contributed by atoms with E-state index in [1.54, 1.807) is 18.2 Å². The molecule has 0 bridgehead atoms. The quantitative estimate of drug-likeness (QED) is 0.782. The van der Waals surface area contributed by atoms with Crippen LogP contribution in [0.4, 0.5) is 10.5 Å². The van der Waals surface area contributed by atoms with Gasteiger partial charge in [-0.05, 0) is 19.8 Å². The highest BCUT2D eigenvalue weighted by atomic mass is 16.5. The van der Waals surface area contributed by atoms with E-state index in [-0.39, 0.29) is 5.75 Å². The monoisotopic (exact) mass is 305 g/mol. The smallest absolute Gasteiger partial charge is 0.414 e. The van der Waals surface area contributed by atoms with Crippen LogP contribution in [0.3, 0.4) is 0 Å². The summed E-state index contributed by atoms with van der Waals surface area (Å²) in [6, 6.07) is 1.54. The van der Waals surface area contributed by atoms with Crippen molar-refractivity contribution in [1.82, 2.24) is 0 Å². The lowest BCUT2D eigenvalue weighted by atomic mass is 10.0. The number of methoxy groups -OCH3 is 2. The summed E-state index contributed by atoms with van der Waals surface area (Å²) < 4.78 is 10.2. The van der Waals surface area contributed by atoms with E-state index in [2.05, 4.69) is 13.2 Å². The van der Waals surface area contributed by atoms with Crippen molar-refractivity contribution in [1.29, 1.82) is 0 Å². The lowest BCUT2D eigenvalue weighted by Crippen LogP contribution is -2.33. The molecule has 1 N–H and O–H groups in total. The number of carbonyl (C=O) groups excluding carboxylic acids is 1. The fourth-order valence-corrected chi connectivity index (χ4v) is 2.33. The molecule has 0 saturated carbocycles. The predicted molar refractivity (Wildman–Crippen MR) is 87.9 cm³/mol. The first-order chi connectivity index (χ1) is 10.5. The molecule has 0 unspecified atom stereocenters. The number of benzene rings is 1. The average molecular weight is 305 g/mol. The van der Waals surface area contributed by atoms with E-state index in [1.807, 2.05) is 6.92 Å². The van der Waals surface area contributed by atoms with Gasteiger partial charge in [0.25, 0.3) is 0 Å². The zero-order valence-corrected chi connectivity index (χ0v) is 13.4. The number of allylic oxidation sites excluding steroid dienone is 1. The Hall–Kier alpha value is -2.43. The van der Waals surface area contributed by atoms with Gasteiger partial charge in [-0.25, -0.2) is 4.79 Å². The molecule has 1 amide bonds. The number of carbonyl (C=O) groups is 1. The Balaban J connectivity index is 3.54. The Bertz CT molecular complexity index is 566. The Morgan fingerprint density at radius 3 is 2.55 bits per heavy atom. The number of aromatic hydroxyl groups is 1. The number of amides is 1. The van der Waals surface area contributed by atoms with Crippen LogP contribution in [0, 0.1) is 6.92 Å². The second-order valence-corrected chi connectivity index (χ2v) is 4.74. The van der Waals surface area contributed by atoms with Crippen LogP contribution in [0.1, 0.15) is 17.5 Å². The van der Waals surface area contributed by atoms with E-state index >= 15 is 0 Å². The molecular formula is C17H23NO4. The molecule has 1 aromatic rings. The molecule has 0 radical (unpaired) electrons. The summed E-state index contributed by atoms with van der Waals surface area (Å²) in [6.07, 6.45) is 3.92. The lowest BCUT2D eigenvalue weighted by Gasteiger charge is -2.26. The molecule has 5 heteroatoms. The van der Waals surface area contributed by atoms with Crippen molar-refractivity contribution in [2.75, 3.05) is 25.7 Å². The van der Waals surface area contributed by atoms with Gasteiger partial charge in [0, 0.05) is 23.7 Å². The van der Waals surface area contributed by atoms with Crippen LogP contribution in [0.5, 0.6) is 11.5 Å². The van der Waals surface area contributed by atoms with Gasteiger partial charge in [0.05, 0.1) is 19.9 Å². The maximum Gasteiger partial charge on any atom is 0.414 e. The number of hydrogen-bond donors (Lipinski definition) is 1. The predicted octanol–water partition coefficient (Wildman–Crippen LogP) is 3.59. The van der Waals surface area contributed by atoms with E-state index in [1.165, 1.54) is 19.1 Å². The van der Waals surface area contributed by atoms with Crippen molar-refractivity contribution in [3.63, 3.8) is 0 Å². The Morgan fingerprint density at radius 1 is 1.36 bits per heavy atom. The fourth-order valence-electron chi connectivity index (χ4n) is 2.33. The third-order valence-corrected chi connectivity index (χ3v) is 3.38. The molecule has 5 nitrogen and oxygen atoms in total. The third-order valence-electron chi connectivity index (χ3n) is 3.38. The first kappa shape index (κ1) is 17.6. The molecule has 0 aliphatic carbocycles. The van der Waals surface area contributed by atoms with E-state index in [0.29, 0.717) is 36.4 Å². The fraction of sp³-hybridized carbons (Fsp3) is 0.353. The number of ether oxygens (including phenoxy) is 2. The van der Waals surface area contributed by atoms with Crippen molar-refractivity contribution in [2.24, 2.45) is 0 Å². The Morgan fingerprint density at radius 2 is 2.05 bits per heavy atom. The Labute approximate surface area is 131 Å². The molecule has 22 heavy (non-hydrogen) atoms. The molecule has 0 aromatic heterocycles. The summed E-state index contributed by atoms with van der Waals surface area (Å²) in [7, 11) is 2.84. The van der Waals surface area contributed by atoms with Gasteiger partial charge in [0.15, 0.2) is 0 Å². The molecule has 0 atom stereocenters. The van der Waals surface area contributed by atoms with Crippen LogP contribution >= 0.6 is 0 Å². The summed E-state index contributed by atoms with van der Waals surface area (Å²) in [6.45, 7) is 9.61. The zero-order valence-electron chi connectivity index (χ0n) is 13.4. The molecule has 0 aliphatic rings. The number of rotatable bonds is 7. The highest BCUT2D eigenvalue weighted by Gasteiger charge is 2.24. The normalized spacial score (nSPS) is 9.95. The third kappa shape index (κ3) is 3.61. The number of anilines is 1. The minimum absolute atomic E-state index is 0.0601. The second kappa shape index (κ2) is 8.12. The van der Waals surface area contributed by atoms with Gasteiger partial charge in [-0.1, -0.05) is 12.2 Å². The van der Waals surface area contributed by atoms with Gasteiger partial charge in [-0.2, -0.15) is 0 Å². The van der Waals surface area contributed by atoms with Crippen LogP contribution in [0.25, 0.3) is 0 Å². The number of phenols is 1. The maximum absolute atomic E-state index is 12.2. The topological polar surface area (TPSA) is 59.0 Å². The summed E-state index contributed by atoms with van der Waals surface area (Å²) in [5, 5.41) is 10.3. The minimum atomic E-state index is -0.497. The van der Waals surface area contributed by atoms with Crippen LogP contribution in [0.2, 0.25) is 0 Å². The van der Waals surface area contributed by atoms with Gasteiger partial charge in [-0.15, -0.1) is 13.2 Å². The van der Waals surface area contributed by atoms with E-state index in [0.717, 1.165) is 5.56 Å². The van der Waals surface area contributed by atoms with Gasteiger partial charge >= 0.3 is 6.09 Å². The largest absolute Gasteiger partial charge is 0.507 e. The van der Waals surface area contributed by atoms with E-state index < -0.39 is 6.09 Å². The molecule has 0 aliphatic heterocycles. The molecule has 0 fully saturated rings. The SMILES string of the molecule is C=CCCN(C(=O)OC)c1c(C)c(OC)cc(O)c1CC=C. The molecule has 1 rings (SSSR count). The number of phenolic OH excluding ortho intramolecular Hbond substituents is 1. The van der Waals surface area contributed by atoms with Crippen molar-refractivity contribution < 1.29 is 19.4 Å². The van der Waals surface area contributed by atoms with Crippen LogP contribution in [-0.4, -0.2) is 32.0 Å². The van der Waals surface area contributed by atoms with Crippen LogP contribution in [0.15, 0.2) is 31.4 Å². The molecule has 120 valence electrons. The molecule has 0 heterocycles. The Kier molecular flexibility index (Phi) is 6.50. The summed E-state index contributed by atoms with van der Waals surface area (Å²) in [5.41, 5.74) is 1.96. The molecule has 0 spiro atoms. The number of nitrogens with zero attached hydrogens (tertiary/aromatic N) is 1. The van der Waals surface area contributed by atoms with Crippen LogP contribution < -0.4 is 9.64 Å². The van der Waals surface area contributed by atoms with E-state index in [9.17, 15) is 9.90 Å². The summed E-state index contributed by atoms with van der Waals surface area (Å²) in [4.78, 5) is 13.6. The van der Waals surface area contributed by atoms with Gasteiger partial charge in [0.2, 0.25) is 0 Å². The number of hydrogen-bond acceptors (Lipinski definition) is 4. The maximum atomic E-state index is 12.2.